The van der Waals surface area contributed by atoms with Gasteiger partial charge in [0.05, 0.1) is 0 Å². The second-order valence-electron chi connectivity index (χ2n) is 4.48. The van der Waals surface area contributed by atoms with E-state index in [1.54, 1.807) is 0 Å². The molecule has 0 aliphatic heterocycles. The van der Waals surface area contributed by atoms with E-state index in [1.807, 2.05) is 42.5 Å². The maximum absolute atomic E-state index is 6.01. The van der Waals surface area contributed by atoms with Crippen LogP contribution in [0.5, 0.6) is 0 Å². The van der Waals surface area contributed by atoms with Crippen LogP contribution in [0.15, 0.2) is 46.9 Å². The molecule has 3 N–H and O–H groups in total. The molecular weight excluding hydrogens is 356 g/mol. The Morgan fingerprint density at radius 2 is 2.05 bits per heavy atom. The molecule has 0 fully saturated rings. The third-order valence-electron chi connectivity index (χ3n) is 2.97. The minimum atomic E-state index is 0.140. The molecule has 0 saturated heterocycles. The highest BCUT2D eigenvalue weighted by Gasteiger charge is 2.09. The van der Waals surface area contributed by atoms with E-state index in [-0.39, 0.29) is 6.04 Å². The molecule has 2 aromatic rings. The van der Waals surface area contributed by atoms with Gasteiger partial charge >= 0.3 is 0 Å². The monoisotopic (exact) mass is 368 g/mol. The van der Waals surface area contributed by atoms with Gasteiger partial charge in [0.25, 0.3) is 0 Å². The minimum absolute atomic E-state index is 0.140. The van der Waals surface area contributed by atoms with Gasteiger partial charge in [-0.3, -0.25) is 0 Å². The van der Waals surface area contributed by atoms with E-state index in [1.165, 1.54) is 0 Å². The smallest absolute Gasteiger partial charge is 0.104 e. The van der Waals surface area contributed by atoms with Crippen LogP contribution >= 0.6 is 39.7 Å². The van der Waals surface area contributed by atoms with Crippen LogP contribution in [0.3, 0.4) is 0 Å². The molecule has 104 valence electrons. The molecule has 1 unspecified atom stereocenters. The predicted octanol–water partition coefficient (Wildman–Crippen LogP) is 4.91. The van der Waals surface area contributed by atoms with Gasteiger partial charge in [-0.15, -0.1) is 0 Å². The highest BCUT2D eigenvalue weighted by atomic mass is 79.9. The molecule has 2 rings (SSSR count). The van der Waals surface area contributed by atoms with Crippen LogP contribution in [0.1, 0.15) is 24.1 Å². The summed E-state index contributed by atoms with van der Waals surface area (Å²) in [5, 5.41) is 4.17. The first-order valence-electron chi connectivity index (χ1n) is 6.08. The molecule has 0 heterocycles. The van der Waals surface area contributed by atoms with Crippen LogP contribution < -0.4 is 11.1 Å². The summed E-state index contributed by atoms with van der Waals surface area (Å²) in [5.41, 5.74) is 8.57. The van der Waals surface area contributed by atoms with E-state index in [0.29, 0.717) is 4.99 Å². The summed E-state index contributed by atoms with van der Waals surface area (Å²) in [6, 6.07) is 13.7. The molecule has 0 radical (unpaired) electrons. The minimum Gasteiger partial charge on any atom is -0.389 e. The first-order valence-corrected chi connectivity index (χ1v) is 7.66. The summed E-state index contributed by atoms with van der Waals surface area (Å²) in [4.78, 5) is 0.389. The fraction of sp³-hybridized carbons (Fsp3) is 0.133. The molecule has 2 nitrogen and oxygen atoms in total. The first-order chi connectivity index (χ1) is 9.47. The summed E-state index contributed by atoms with van der Waals surface area (Å²) < 4.78 is 0.927. The molecule has 0 aromatic heterocycles. The second-order valence-corrected chi connectivity index (χ2v) is 6.21. The van der Waals surface area contributed by atoms with Crippen LogP contribution in [0.4, 0.5) is 5.69 Å². The summed E-state index contributed by atoms with van der Waals surface area (Å²) >= 11 is 14.5. The third kappa shape index (κ3) is 3.72. The lowest BCUT2D eigenvalue weighted by molar-refractivity contribution is 0.884. The van der Waals surface area contributed by atoms with Crippen molar-refractivity contribution in [2.75, 3.05) is 5.32 Å². The number of nitrogens with one attached hydrogen (secondary N) is 1. The molecule has 5 heteroatoms. The molecule has 2 aromatic carbocycles. The Morgan fingerprint density at radius 1 is 1.30 bits per heavy atom. The van der Waals surface area contributed by atoms with Crippen molar-refractivity contribution >= 4 is 50.4 Å². The average molecular weight is 370 g/mol. The van der Waals surface area contributed by atoms with Gasteiger partial charge in [-0.1, -0.05) is 36.0 Å². The molecule has 0 aliphatic rings. The van der Waals surface area contributed by atoms with E-state index in [2.05, 4.69) is 28.2 Å². The van der Waals surface area contributed by atoms with Gasteiger partial charge in [-0.25, -0.2) is 0 Å². The molecule has 1 atom stereocenters. The third-order valence-corrected chi connectivity index (χ3v) is 4.10. The molecule has 0 saturated carbocycles. The Labute approximate surface area is 137 Å². The highest BCUT2D eigenvalue weighted by Crippen LogP contribution is 2.28. The van der Waals surface area contributed by atoms with Crippen LogP contribution in [0, 0.1) is 0 Å². The molecule has 0 bridgehead atoms. The van der Waals surface area contributed by atoms with Crippen molar-refractivity contribution in [2.24, 2.45) is 5.73 Å². The van der Waals surface area contributed by atoms with Crippen molar-refractivity contribution in [3.05, 3.63) is 63.1 Å². The van der Waals surface area contributed by atoms with Crippen LogP contribution in [0.25, 0.3) is 0 Å². The van der Waals surface area contributed by atoms with Crippen molar-refractivity contribution in [1.82, 2.24) is 0 Å². The topological polar surface area (TPSA) is 38.0 Å². The number of benzene rings is 2. The zero-order valence-corrected chi connectivity index (χ0v) is 14.0. The fourth-order valence-electron chi connectivity index (χ4n) is 1.88. The molecule has 20 heavy (non-hydrogen) atoms. The maximum Gasteiger partial charge on any atom is 0.104 e. The van der Waals surface area contributed by atoms with E-state index in [4.69, 9.17) is 29.6 Å². The lowest BCUT2D eigenvalue weighted by Crippen LogP contribution is -2.11. The lowest BCUT2D eigenvalue weighted by atomic mass is 10.1. The summed E-state index contributed by atoms with van der Waals surface area (Å²) in [6.45, 7) is 2.08. The standard InChI is InChI=1S/C15H14BrClN2S/c1-9(10-3-2-4-12(17)7-10)19-14-6-5-11(15(18)20)8-13(14)16/h2-9,19H,1H3,(H2,18,20). The summed E-state index contributed by atoms with van der Waals surface area (Å²) in [6.07, 6.45) is 0. The van der Waals surface area contributed by atoms with E-state index in [0.717, 1.165) is 26.3 Å². The summed E-state index contributed by atoms with van der Waals surface area (Å²) in [5.74, 6) is 0. The second kappa shape index (κ2) is 6.57. The first kappa shape index (κ1) is 15.3. The Kier molecular flexibility index (Phi) is 5.02. The molecule has 0 aliphatic carbocycles. The molecule has 0 spiro atoms. The lowest BCUT2D eigenvalue weighted by Gasteiger charge is -2.17. The van der Waals surface area contributed by atoms with Crippen molar-refractivity contribution in [3.8, 4) is 0 Å². The largest absolute Gasteiger partial charge is 0.389 e. The van der Waals surface area contributed by atoms with E-state index < -0.39 is 0 Å². The van der Waals surface area contributed by atoms with Gasteiger partial charge in [-0.05, 0) is 58.7 Å². The van der Waals surface area contributed by atoms with Crippen molar-refractivity contribution in [3.63, 3.8) is 0 Å². The molecule has 0 amide bonds. The van der Waals surface area contributed by atoms with Crippen LogP contribution in [-0.4, -0.2) is 4.99 Å². The quantitative estimate of drug-likeness (QED) is 0.752. The Balaban J connectivity index is 2.19. The molecular formula is C15H14BrClN2S. The van der Waals surface area contributed by atoms with Gasteiger partial charge in [0, 0.05) is 26.8 Å². The van der Waals surface area contributed by atoms with Gasteiger partial charge in [0.1, 0.15) is 4.99 Å². The average Bonchev–Trinajstić information content (AvgIpc) is 2.40. The number of hydrogen-bond donors (Lipinski definition) is 2. The number of rotatable bonds is 4. The SMILES string of the molecule is CC(Nc1ccc(C(N)=S)cc1Br)c1cccc(Cl)c1. The van der Waals surface area contributed by atoms with Gasteiger partial charge in [0.2, 0.25) is 0 Å². The van der Waals surface area contributed by atoms with Crippen molar-refractivity contribution in [2.45, 2.75) is 13.0 Å². The van der Waals surface area contributed by atoms with Crippen molar-refractivity contribution in [1.29, 1.82) is 0 Å². The van der Waals surface area contributed by atoms with E-state index >= 15 is 0 Å². The zero-order chi connectivity index (χ0) is 14.7. The van der Waals surface area contributed by atoms with Crippen LogP contribution in [0.2, 0.25) is 5.02 Å². The van der Waals surface area contributed by atoms with E-state index in [9.17, 15) is 0 Å². The maximum atomic E-state index is 6.01. The number of anilines is 1. The van der Waals surface area contributed by atoms with Crippen molar-refractivity contribution < 1.29 is 0 Å². The Hall–Kier alpha value is -1.10. The van der Waals surface area contributed by atoms with Gasteiger partial charge in [0.15, 0.2) is 0 Å². The zero-order valence-electron chi connectivity index (χ0n) is 10.9. The Morgan fingerprint density at radius 3 is 2.65 bits per heavy atom. The normalized spacial score (nSPS) is 11.9. The number of nitrogens with two attached hydrogens (primary N) is 1. The number of thiocarbonyl (C=S) groups is 1. The van der Waals surface area contributed by atoms with Crippen LogP contribution in [-0.2, 0) is 0 Å². The van der Waals surface area contributed by atoms with Gasteiger partial charge in [-0.2, -0.15) is 0 Å². The number of halogens is 2. The fourth-order valence-corrected chi connectivity index (χ4v) is 2.70. The highest BCUT2D eigenvalue weighted by molar-refractivity contribution is 9.10. The number of hydrogen-bond acceptors (Lipinski definition) is 2. The summed E-state index contributed by atoms with van der Waals surface area (Å²) in [7, 11) is 0. The predicted molar refractivity (Wildman–Crippen MR) is 93.5 cm³/mol. The Bertz CT molecular complexity index is 646. The van der Waals surface area contributed by atoms with Gasteiger partial charge < -0.3 is 11.1 Å².